The summed E-state index contributed by atoms with van der Waals surface area (Å²) in [7, 11) is 5.07. The predicted molar refractivity (Wildman–Crippen MR) is 106 cm³/mol. The molecule has 2 rings (SSSR count). The first-order chi connectivity index (χ1) is 12.2. The second kappa shape index (κ2) is 10.5. The number of ether oxygens (including phenoxy) is 2. The van der Waals surface area contributed by atoms with Gasteiger partial charge >= 0.3 is 0 Å². The van der Waals surface area contributed by atoms with Crippen LogP contribution in [0.2, 0.25) is 0 Å². The van der Waals surface area contributed by atoms with Gasteiger partial charge in [-0.2, -0.15) is 0 Å². The lowest BCUT2D eigenvalue weighted by Crippen LogP contribution is -2.42. The lowest BCUT2D eigenvalue weighted by atomic mass is 10.1. The number of nitrogens with one attached hydrogen (secondary N) is 2. The van der Waals surface area contributed by atoms with Crippen molar-refractivity contribution in [3.05, 3.63) is 22.2 Å². The number of methoxy groups -OCH3 is 2. The van der Waals surface area contributed by atoms with E-state index in [1.54, 1.807) is 21.3 Å². The summed E-state index contributed by atoms with van der Waals surface area (Å²) in [5.74, 6) is 2.22. The van der Waals surface area contributed by atoms with Gasteiger partial charge in [0.25, 0.3) is 0 Å². The lowest BCUT2D eigenvalue weighted by Gasteiger charge is -2.26. The van der Waals surface area contributed by atoms with E-state index in [1.165, 1.54) is 32.4 Å². The molecule has 2 N–H and O–H groups in total. The topological polar surface area (TPSA) is 58.1 Å². The van der Waals surface area contributed by atoms with Crippen LogP contribution < -0.4 is 20.1 Å². The highest BCUT2D eigenvalue weighted by molar-refractivity contribution is 9.10. The number of hydrogen-bond donors (Lipinski definition) is 2. The van der Waals surface area contributed by atoms with Gasteiger partial charge in [-0.1, -0.05) is 6.42 Å². The second-order valence-corrected chi connectivity index (χ2v) is 6.92. The van der Waals surface area contributed by atoms with Gasteiger partial charge in [0, 0.05) is 26.7 Å². The third-order valence-electron chi connectivity index (χ3n) is 4.35. The van der Waals surface area contributed by atoms with Crippen molar-refractivity contribution in [3.8, 4) is 11.5 Å². The summed E-state index contributed by atoms with van der Waals surface area (Å²) < 4.78 is 11.6. The Kier molecular flexibility index (Phi) is 8.34. The summed E-state index contributed by atoms with van der Waals surface area (Å²) in [4.78, 5) is 6.80. The second-order valence-electron chi connectivity index (χ2n) is 6.07. The van der Waals surface area contributed by atoms with Gasteiger partial charge in [-0.3, -0.25) is 4.99 Å². The van der Waals surface area contributed by atoms with E-state index in [1.807, 2.05) is 12.1 Å². The third-order valence-corrected chi connectivity index (χ3v) is 4.94. The van der Waals surface area contributed by atoms with Crippen LogP contribution >= 0.6 is 15.9 Å². The average Bonchev–Trinajstić information content (AvgIpc) is 2.64. The quantitative estimate of drug-likeness (QED) is 0.532. The maximum atomic E-state index is 5.39. The van der Waals surface area contributed by atoms with Gasteiger partial charge in [-0.05, 0) is 59.6 Å². The minimum absolute atomic E-state index is 0.655. The number of guanidine groups is 1. The monoisotopic (exact) mass is 412 g/mol. The molecule has 0 aliphatic carbocycles. The van der Waals surface area contributed by atoms with Gasteiger partial charge in [0.15, 0.2) is 17.5 Å². The van der Waals surface area contributed by atoms with Gasteiger partial charge in [-0.25, -0.2) is 0 Å². The molecule has 0 atom stereocenters. The highest BCUT2D eigenvalue weighted by atomic mass is 79.9. The van der Waals surface area contributed by atoms with E-state index in [-0.39, 0.29) is 0 Å². The number of benzene rings is 1. The number of rotatable bonds is 7. The number of likely N-dealkylation sites (tertiary alicyclic amines) is 1. The molecule has 25 heavy (non-hydrogen) atoms. The zero-order valence-corrected chi connectivity index (χ0v) is 17.0. The van der Waals surface area contributed by atoms with Crippen molar-refractivity contribution in [1.82, 2.24) is 15.5 Å². The van der Waals surface area contributed by atoms with Crippen LogP contribution in [0.25, 0.3) is 0 Å². The summed E-state index contributed by atoms with van der Waals surface area (Å²) in [6.07, 6.45) is 4.01. The van der Waals surface area contributed by atoms with Crippen LogP contribution in [0.3, 0.4) is 0 Å². The van der Waals surface area contributed by atoms with Crippen molar-refractivity contribution < 1.29 is 9.47 Å². The molecule has 0 saturated carbocycles. The van der Waals surface area contributed by atoms with Crippen molar-refractivity contribution in [1.29, 1.82) is 0 Å². The highest BCUT2D eigenvalue weighted by Gasteiger charge is 2.11. The Morgan fingerprint density at radius 1 is 1.16 bits per heavy atom. The Bertz CT molecular complexity index is 574. The maximum Gasteiger partial charge on any atom is 0.191 e. The molecule has 6 nitrogen and oxygen atoms in total. The first-order valence-electron chi connectivity index (χ1n) is 8.75. The zero-order chi connectivity index (χ0) is 18.1. The molecule has 1 saturated heterocycles. The molecule has 0 aromatic heterocycles. The van der Waals surface area contributed by atoms with Crippen molar-refractivity contribution in [2.24, 2.45) is 4.99 Å². The standard InChI is InChI=1S/C18H29BrN4O2/c1-20-18(21-7-10-23-8-5-4-6-9-23)22-13-14-11-15(19)17(25-3)16(12-14)24-2/h11-12H,4-10,13H2,1-3H3,(H2,20,21,22). The number of piperidine rings is 1. The smallest absolute Gasteiger partial charge is 0.191 e. The maximum absolute atomic E-state index is 5.39. The summed E-state index contributed by atoms with van der Waals surface area (Å²) in [5, 5.41) is 6.72. The van der Waals surface area contributed by atoms with Crippen LogP contribution in [0.1, 0.15) is 24.8 Å². The molecule has 1 aliphatic rings. The Morgan fingerprint density at radius 2 is 1.92 bits per heavy atom. The normalized spacial score (nSPS) is 15.8. The van der Waals surface area contributed by atoms with E-state index in [2.05, 4.69) is 36.5 Å². The fraction of sp³-hybridized carbons (Fsp3) is 0.611. The first kappa shape index (κ1) is 19.8. The minimum atomic E-state index is 0.655. The highest BCUT2D eigenvalue weighted by Crippen LogP contribution is 2.36. The average molecular weight is 413 g/mol. The molecule has 0 bridgehead atoms. The largest absolute Gasteiger partial charge is 0.493 e. The van der Waals surface area contributed by atoms with E-state index in [0.29, 0.717) is 18.0 Å². The Hall–Kier alpha value is -1.47. The molecule has 7 heteroatoms. The fourth-order valence-corrected chi connectivity index (χ4v) is 3.65. The number of hydrogen-bond acceptors (Lipinski definition) is 4. The Balaban J connectivity index is 1.82. The summed E-state index contributed by atoms with van der Waals surface area (Å²) in [6.45, 7) is 5.04. The van der Waals surface area contributed by atoms with E-state index in [0.717, 1.165) is 29.1 Å². The summed E-state index contributed by atoms with van der Waals surface area (Å²) in [5.41, 5.74) is 1.09. The summed E-state index contributed by atoms with van der Waals surface area (Å²) in [6, 6.07) is 3.99. The number of nitrogens with zero attached hydrogens (tertiary/aromatic N) is 2. The molecular formula is C18H29BrN4O2. The van der Waals surface area contributed by atoms with Gasteiger partial charge < -0.3 is 25.0 Å². The van der Waals surface area contributed by atoms with Crippen molar-refractivity contribution >= 4 is 21.9 Å². The molecule has 0 spiro atoms. The van der Waals surface area contributed by atoms with Crippen LogP contribution in [0, 0.1) is 0 Å². The molecule has 0 amide bonds. The number of halogens is 1. The third kappa shape index (κ3) is 6.08. The van der Waals surface area contributed by atoms with Crippen LogP contribution in [-0.4, -0.2) is 58.3 Å². The molecule has 1 fully saturated rings. The molecular weight excluding hydrogens is 384 g/mol. The zero-order valence-electron chi connectivity index (χ0n) is 15.4. The van der Waals surface area contributed by atoms with Crippen LogP contribution in [0.4, 0.5) is 0 Å². The fourth-order valence-electron chi connectivity index (χ4n) is 3.00. The lowest BCUT2D eigenvalue weighted by molar-refractivity contribution is 0.232. The van der Waals surface area contributed by atoms with E-state index >= 15 is 0 Å². The number of aliphatic imine (C=N–C) groups is 1. The molecule has 0 radical (unpaired) electrons. The van der Waals surface area contributed by atoms with Gasteiger partial charge in [0.1, 0.15) is 0 Å². The Morgan fingerprint density at radius 3 is 2.56 bits per heavy atom. The van der Waals surface area contributed by atoms with Crippen LogP contribution in [-0.2, 0) is 6.54 Å². The first-order valence-corrected chi connectivity index (χ1v) is 9.54. The van der Waals surface area contributed by atoms with Gasteiger partial charge in [0.2, 0.25) is 0 Å². The molecule has 1 aromatic rings. The van der Waals surface area contributed by atoms with Crippen molar-refractivity contribution in [2.75, 3.05) is 47.4 Å². The van der Waals surface area contributed by atoms with Crippen LogP contribution in [0.15, 0.2) is 21.6 Å². The minimum Gasteiger partial charge on any atom is -0.493 e. The van der Waals surface area contributed by atoms with Gasteiger partial charge in [-0.15, -0.1) is 0 Å². The predicted octanol–water partition coefficient (Wildman–Crippen LogP) is 2.62. The molecule has 0 unspecified atom stereocenters. The van der Waals surface area contributed by atoms with Crippen molar-refractivity contribution in [3.63, 3.8) is 0 Å². The van der Waals surface area contributed by atoms with Gasteiger partial charge in [0.05, 0.1) is 18.7 Å². The molecule has 1 aliphatic heterocycles. The van der Waals surface area contributed by atoms with Crippen molar-refractivity contribution in [2.45, 2.75) is 25.8 Å². The van der Waals surface area contributed by atoms with E-state index in [9.17, 15) is 0 Å². The Labute approximate surface area is 159 Å². The molecule has 1 aromatic carbocycles. The SMILES string of the molecule is CN=C(NCCN1CCCCC1)NCc1cc(Br)c(OC)c(OC)c1. The molecule has 1 heterocycles. The van der Waals surface area contributed by atoms with Crippen LogP contribution in [0.5, 0.6) is 11.5 Å². The van der Waals surface area contributed by atoms with E-state index < -0.39 is 0 Å². The summed E-state index contributed by atoms with van der Waals surface area (Å²) >= 11 is 3.52. The molecule has 140 valence electrons. The van der Waals surface area contributed by atoms with E-state index in [4.69, 9.17) is 9.47 Å².